The minimum absolute atomic E-state index is 0.212. The highest BCUT2D eigenvalue weighted by atomic mass is 27.2. The summed E-state index contributed by atoms with van der Waals surface area (Å²) < 4.78 is 0. The van der Waals surface area contributed by atoms with E-state index < -0.39 is 0 Å². The Morgan fingerprint density at radius 2 is 1.75 bits per heavy atom. The summed E-state index contributed by atoms with van der Waals surface area (Å²) in [5, 5.41) is 4.90. The van der Waals surface area contributed by atoms with E-state index in [0.717, 1.165) is 0 Å². The number of rotatable bonds is 4. The summed E-state index contributed by atoms with van der Waals surface area (Å²) >= 11 is -0.212. The van der Waals surface area contributed by atoms with E-state index in [1.54, 1.807) is 28.7 Å². The van der Waals surface area contributed by atoms with E-state index in [0.29, 0.717) is 0 Å². The molecule has 0 bridgehead atoms. The van der Waals surface area contributed by atoms with Gasteiger partial charge in [-0.1, -0.05) is 41.5 Å². The maximum absolute atomic E-state index is 2.32. The molecule has 0 aromatic rings. The lowest BCUT2D eigenvalue weighted by molar-refractivity contribution is 0.407. The van der Waals surface area contributed by atoms with Crippen molar-refractivity contribution in [2.24, 2.45) is 0 Å². The Bertz CT molecular complexity index is 108. The molecule has 1 aliphatic rings. The van der Waals surface area contributed by atoms with Gasteiger partial charge in [0.1, 0.15) is 0 Å². The molecule has 0 spiro atoms. The molecule has 0 unspecified atom stereocenters. The molecule has 0 amide bonds. The van der Waals surface area contributed by atoms with Gasteiger partial charge in [0.05, 0.1) is 0 Å². The summed E-state index contributed by atoms with van der Waals surface area (Å²) in [6.07, 6.45) is 6.10. The van der Waals surface area contributed by atoms with Crippen molar-refractivity contribution in [1.29, 1.82) is 0 Å². The second kappa shape index (κ2) is 6.02. The Kier molecular flexibility index (Phi) is 5.31. The van der Waals surface area contributed by atoms with Crippen LogP contribution in [0.4, 0.5) is 0 Å². The molecule has 0 radical (unpaired) electrons. The first-order valence-electron chi connectivity index (χ1n) is 5.44. The van der Waals surface area contributed by atoms with E-state index in [1.165, 1.54) is 19.4 Å². The van der Waals surface area contributed by atoms with Crippen LogP contribution in [-0.2, 0) is 0 Å². The molecule has 1 aliphatic heterocycles. The summed E-state index contributed by atoms with van der Waals surface area (Å²) in [5.41, 5.74) is 0. The standard InChI is InChI=1S/C5H12N.C5H10.Al/c1-4-5-6(2)3;1-3-5-4-2;/h1,4-5H2,2-3H3;1-5H2;. The van der Waals surface area contributed by atoms with Gasteiger partial charge in [0.25, 0.3) is 14.1 Å². The van der Waals surface area contributed by atoms with Crippen LogP contribution in [0.5, 0.6) is 0 Å². The minimum atomic E-state index is -0.212. The molecule has 0 aromatic heterocycles. The highest BCUT2D eigenvalue weighted by Gasteiger charge is 2.18. The SMILES string of the molecule is CN(C)CC[CH2][Al]1[CH2]CCC[CH2]1. The van der Waals surface area contributed by atoms with E-state index in [-0.39, 0.29) is 14.1 Å². The Morgan fingerprint density at radius 3 is 2.33 bits per heavy atom. The zero-order valence-electron chi connectivity index (χ0n) is 8.68. The second-order valence-corrected chi connectivity index (χ2v) is 7.91. The second-order valence-electron chi connectivity index (χ2n) is 4.45. The summed E-state index contributed by atoms with van der Waals surface area (Å²) in [5.74, 6) is 0. The molecule has 70 valence electrons. The molecule has 2 heteroatoms. The molecule has 1 heterocycles. The normalized spacial score (nSPS) is 18.8. The molecule has 0 aliphatic carbocycles. The first kappa shape index (κ1) is 10.6. The lowest BCUT2D eigenvalue weighted by Gasteiger charge is -2.17. The fourth-order valence-corrected chi connectivity index (χ4v) is 5.53. The first-order valence-corrected chi connectivity index (χ1v) is 7.88. The van der Waals surface area contributed by atoms with Crippen molar-refractivity contribution < 1.29 is 0 Å². The third-order valence-electron chi connectivity index (χ3n) is 2.94. The number of hydrogen-bond acceptors (Lipinski definition) is 1. The summed E-state index contributed by atoms with van der Waals surface area (Å²) in [6, 6.07) is 0. The van der Waals surface area contributed by atoms with Crippen molar-refractivity contribution in [1.82, 2.24) is 4.90 Å². The largest absolute Gasteiger partial charge is 0.309 e. The van der Waals surface area contributed by atoms with Gasteiger partial charge in [0, 0.05) is 0 Å². The topological polar surface area (TPSA) is 3.24 Å². The van der Waals surface area contributed by atoms with Gasteiger partial charge in [0.2, 0.25) is 0 Å². The van der Waals surface area contributed by atoms with E-state index in [1.807, 2.05) is 0 Å². The van der Waals surface area contributed by atoms with Crippen molar-refractivity contribution in [3.05, 3.63) is 0 Å². The molecule has 1 saturated heterocycles. The van der Waals surface area contributed by atoms with Crippen LogP contribution in [0.3, 0.4) is 0 Å². The van der Waals surface area contributed by atoms with E-state index in [4.69, 9.17) is 0 Å². The molecule has 1 nitrogen and oxygen atoms in total. The predicted octanol–water partition coefficient (Wildman–Crippen LogP) is 2.62. The average molecular weight is 183 g/mol. The van der Waals surface area contributed by atoms with Gasteiger partial charge in [-0.15, -0.1) is 0 Å². The van der Waals surface area contributed by atoms with Gasteiger partial charge >= 0.3 is 0 Å². The van der Waals surface area contributed by atoms with Gasteiger partial charge < -0.3 is 4.90 Å². The highest BCUT2D eigenvalue weighted by molar-refractivity contribution is 6.58. The molecule has 0 aromatic carbocycles. The highest BCUT2D eigenvalue weighted by Crippen LogP contribution is 2.22. The van der Waals surface area contributed by atoms with Crippen molar-refractivity contribution >= 4 is 14.1 Å². The Hall–Kier alpha value is 0.492. The first-order chi connectivity index (χ1) is 5.79. The van der Waals surface area contributed by atoms with Crippen molar-refractivity contribution in [2.45, 2.75) is 41.5 Å². The Balaban J connectivity index is 1.98. The van der Waals surface area contributed by atoms with Crippen LogP contribution in [0.2, 0.25) is 15.8 Å². The average Bonchev–Trinajstić information content (AvgIpc) is 2.05. The van der Waals surface area contributed by atoms with Crippen LogP contribution in [0.1, 0.15) is 25.7 Å². The van der Waals surface area contributed by atoms with Crippen LogP contribution in [0.25, 0.3) is 0 Å². The molecular weight excluding hydrogens is 161 g/mol. The monoisotopic (exact) mass is 183 g/mol. The van der Waals surface area contributed by atoms with Crippen molar-refractivity contribution in [3.63, 3.8) is 0 Å². The number of nitrogens with zero attached hydrogens (tertiary/aromatic N) is 1. The van der Waals surface area contributed by atoms with Gasteiger partial charge in [-0.3, -0.25) is 0 Å². The predicted molar refractivity (Wildman–Crippen MR) is 57.2 cm³/mol. The molecular formula is C10H22AlN. The molecule has 0 N–H and O–H groups in total. The lowest BCUT2D eigenvalue weighted by atomic mass is 10.3. The zero-order chi connectivity index (χ0) is 8.81. The number of hydrogen-bond donors (Lipinski definition) is 0. The molecule has 0 saturated carbocycles. The summed E-state index contributed by atoms with van der Waals surface area (Å²) in [6.45, 7) is 1.31. The van der Waals surface area contributed by atoms with E-state index in [9.17, 15) is 0 Å². The fraction of sp³-hybridized carbons (Fsp3) is 1.00. The van der Waals surface area contributed by atoms with Gasteiger partial charge in [-0.05, 0) is 20.6 Å². The third-order valence-corrected chi connectivity index (χ3v) is 6.62. The maximum Gasteiger partial charge on any atom is 0.261 e. The van der Waals surface area contributed by atoms with Crippen molar-refractivity contribution in [2.75, 3.05) is 20.6 Å². The van der Waals surface area contributed by atoms with Gasteiger partial charge in [-0.25, -0.2) is 0 Å². The van der Waals surface area contributed by atoms with Crippen LogP contribution >= 0.6 is 0 Å². The van der Waals surface area contributed by atoms with Gasteiger partial charge in [-0.2, -0.15) is 0 Å². The van der Waals surface area contributed by atoms with Crippen LogP contribution < -0.4 is 0 Å². The quantitative estimate of drug-likeness (QED) is 0.606. The van der Waals surface area contributed by atoms with E-state index >= 15 is 0 Å². The molecule has 0 atom stereocenters. The molecule has 12 heavy (non-hydrogen) atoms. The summed E-state index contributed by atoms with van der Waals surface area (Å²) in [4.78, 5) is 2.32. The third kappa shape index (κ3) is 4.50. The van der Waals surface area contributed by atoms with Crippen molar-refractivity contribution in [3.8, 4) is 0 Å². The van der Waals surface area contributed by atoms with Crippen LogP contribution in [0, 0.1) is 0 Å². The molecule has 1 fully saturated rings. The fourth-order valence-electron chi connectivity index (χ4n) is 2.17. The molecule has 1 rings (SSSR count). The Morgan fingerprint density at radius 1 is 1.08 bits per heavy atom. The van der Waals surface area contributed by atoms with Crippen LogP contribution in [-0.4, -0.2) is 39.7 Å². The lowest BCUT2D eigenvalue weighted by Crippen LogP contribution is -2.19. The van der Waals surface area contributed by atoms with Gasteiger partial charge in [0.15, 0.2) is 0 Å². The summed E-state index contributed by atoms with van der Waals surface area (Å²) in [7, 11) is 4.37. The minimum Gasteiger partial charge on any atom is -0.309 e. The smallest absolute Gasteiger partial charge is 0.261 e. The van der Waals surface area contributed by atoms with Crippen LogP contribution in [0.15, 0.2) is 0 Å². The zero-order valence-corrected chi connectivity index (χ0v) is 9.84. The Labute approximate surface area is 81.5 Å². The van der Waals surface area contributed by atoms with E-state index in [2.05, 4.69) is 19.0 Å². The maximum atomic E-state index is 2.32.